The van der Waals surface area contributed by atoms with Crippen molar-refractivity contribution in [3.05, 3.63) is 18.2 Å². The summed E-state index contributed by atoms with van der Waals surface area (Å²) in [6, 6.07) is 5.83. The number of hydrogen-bond acceptors (Lipinski definition) is 5. The van der Waals surface area contributed by atoms with Gasteiger partial charge in [0.1, 0.15) is 13.2 Å². The number of carbonyl (C=O) groups excluding carboxylic acids is 1. The maximum atomic E-state index is 11.9. The number of fused-ring (bicyclic) bond motifs is 1. The summed E-state index contributed by atoms with van der Waals surface area (Å²) in [5.74, 6) is 1.46. The van der Waals surface area contributed by atoms with Gasteiger partial charge in [-0.1, -0.05) is 0 Å². The molecule has 0 spiro atoms. The van der Waals surface area contributed by atoms with Crippen LogP contribution >= 0.6 is 0 Å². The molecule has 114 valence electrons. The van der Waals surface area contributed by atoms with Crippen LogP contribution in [-0.4, -0.2) is 44.9 Å². The summed E-state index contributed by atoms with van der Waals surface area (Å²) < 4.78 is 16.2. The predicted molar refractivity (Wildman–Crippen MR) is 77.9 cm³/mol. The fourth-order valence-electron chi connectivity index (χ4n) is 2.46. The molecular formula is C15H20N2O4. The zero-order chi connectivity index (χ0) is 14.5. The molecule has 2 heterocycles. The SMILES string of the molecule is O=C(CNc1ccc2c(c1)OCCO2)NC1CCOCC1. The van der Waals surface area contributed by atoms with Crippen molar-refractivity contribution in [3.8, 4) is 11.5 Å². The summed E-state index contributed by atoms with van der Waals surface area (Å²) in [6.07, 6.45) is 1.77. The van der Waals surface area contributed by atoms with Gasteiger partial charge in [0.2, 0.25) is 5.91 Å². The summed E-state index contributed by atoms with van der Waals surface area (Å²) in [4.78, 5) is 11.9. The molecule has 0 saturated carbocycles. The minimum absolute atomic E-state index is 0.00297. The van der Waals surface area contributed by atoms with Gasteiger partial charge in [0, 0.05) is 31.0 Å². The first-order valence-corrected chi connectivity index (χ1v) is 7.32. The molecule has 6 nitrogen and oxygen atoms in total. The molecule has 0 aliphatic carbocycles. The van der Waals surface area contributed by atoms with Crippen LogP contribution in [0.3, 0.4) is 0 Å². The van der Waals surface area contributed by atoms with E-state index in [1.165, 1.54) is 0 Å². The summed E-state index contributed by atoms with van der Waals surface area (Å²) in [6.45, 7) is 2.83. The molecule has 0 radical (unpaired) electrons. The van der Waals surface area contributed by atoms with E-state index >= 15 is 0 Å². The second-order valence-electron chi connectivity index (χ2n) is 5.17. The Balaban J connectivity index is 1.49. The van der Waals surface area contributed by atoms with E-state index in [4.69, 9.17) is 14.2 Å². The number of anilines is 1. The third-order valence-corrected chi connectivity index (χ3v) is 3.58. The van der Waals surface area contributed by atoms with E-state index in [0.717, 1.165) is 43.2 Å². The lowest BCUT2D eigenvalue weighted by molar-refractivity contribution is -0.120. The first-order chi connectivity index (χ1) is 10.3. The first kappa shape index (κ1) is 14.0. The van der Waals surface area contributed by atoms with Gasteiger partial charge < -0.3 is 24.8 Å². The first-order valence-electron chi connectivity index (χ1n) is 7.32. The quantitative estimate of drug-likeness (QED) is 0.872. The van der Waals surface area contributed by atoms with Crippen LogP contribution < -0.4 is 20.1 Å². The monoisotopic (exact) mass is 292 g/mol. The summed E-state index contributed by atoms with van der Waals surface area (Å²) in [5, 5.41) is 6.12. The van der Waals surface area contributed by atoms with Gasteiger partial charge in [0.05, 0.1) is 6.54 Å². The Bertz CT molecular complexity index is 500. The molecule has 0 unspecified atom stereocenters. The van der Waals surface area contributed by atoms with E-state index in [1.807, 2.05) is 18.2 Å². The molecule has 0 aromatic heterocycles. The largest absolute Gasteiger partial charge is 0.486 e. The Morgan fingerprint density at radius 1 is 1.10 bits per heavy atom. The Morgan fingerprint density at radius 3 is 2.67 bits per heavy atom. The molecule has 0 atom stereocenters. The average Bonchev–Trinajstić information content (AvgIpc) is 2.54. The van der Waals surface area contributed by atoms with Crippen molar-refractivity contribution in [2.45, 2.75) is 18.9 Å². The van der Waals surface area contributed by atoms with E-state index in [1.54, 1.807) is 0 Å². The highest BCUT2D eigenvalue weighted by Crippen LogP contribution is 2.32. The van der Waals surface area contributed by atoms with Gasteiger partial charge in [-0.05, 0) is 25.0 Å². The zero-order valence-corrected chi connectivity index (χ0v) is 11.9. The molecule has 1 amide bonds. The van der Waals surface area contributed by atoms with E-state index < -0.39 is 0 Å². The van der Waals surface area contributed by atoms with Gasteiger partial charge in [-0.2, -0.15) is 0 Å². The van der Waals surface area contributed by atoms with Crippen LogP contribution in [0.4, 0.5) is 5.69 Å². The molecule has 2 N–H and O–H groups in total. The van der Waals surface area contributed by atoms with E-state index in [0.29, 0.717) is 13.2 Å². The van der Waals surface area contributed by atoms with Crippen LogP contribution in [0.15, 0.2) is 18.2 Å². The highest BCUT2D eigenvalue weighted by Gasteiger charge is 2.16. The molecule has 1 aromatic rings. The maximum Gasteiger partial charge on any atom is 0.239 e. The lowest BCUT2D eigenvalue weighted by Crippen LogP contribution is -2.41. The minimum Gasteiger partial charge on any atom is -0.486 e. The number of hydrogen-bond donors (Lipinski definition) is 2. The molecule has 2 aliphatic heterocycles. The fourth-order valence-corrected chi connectivity index (χ4v) is 2.46. The summed E-state index contributed by atoms with van der Waals surface area (Å²) in [5.41, 5.74) is 0.848. The number of ether oxygens (including phenoxy) is 3. The summed E-state index contributed by atoms with van der Waals surface area (Å²) >= 11 is 0. The lowest BCUT2D eigenvalue weighted by Gasteiger charge is -2.23. The third-order valence-electron chi connectivity index (χ3n) is 3.58. The zero-order valence-electron chi connectivity index (χ0n) is 11.9. The molecule has 3 rings (SSSR count). The van der Waals surface area contributed by atoms with Crippen molar-refractivity contribution in [2.75, 3.05) is 38.3 Å². The van der Waals surface area contributed by atoms with Crippen LogP contribution in [0.2, 0.25) is 0 Å². The van der Waals surface area contributed by atoms with Crippen LogP contribution in [0.5, 0.6) is 11.5 Å². The van der Waals surface area contributed by atoms with Gasteiger partial charge in [0.25, 0.3) is 0 Å². The number of carbonyl (C=O) groups is 1. The van der Waals surface area contributed by atoms with Gasteiger partial charge in [0.15, 0.2) is 11.5 Å². The Labute approximate surface area is 123 Å². The van der Waals surface area contributed by atoms with Gasteiger partial charge in [-0.25, -0.2) is 0 Å². The second-order valence-corrected chi connectivity index (χ2v) is 5.17. The van der Waals surface area contributed by atoms with Crippen molar-refractivity contribution >= 4 is 11.6 Å². The highest BCUT2D eigenvalue weighted by molar-refractivity contribution is 5.81. The topological polar surface area (TPSA) is 68.8 Å². The van der Waals surface area contributed by atoms with Crippen molar-refractivity contribution in [2.24, 2.45) is 0 Å². The van der Waals surface area contributed by atoms with Crippen LogP contribution in [0.1, 0.15) is 12.8 Å². The highest BCUT2D eigenvalue weighted by atomic mass is 16.6. The number of rotatable bonds is 4. The van der Waals surface area contributed by atoms with Gasteiger partial charge >= 0.3 is 0 Å². The molecule has 6 heteroatoms. The Kier molecular flexibility index (Phi) is 4.45. The smallest absolute Gasteiger partial charge is 0.239 e. The molecule has 21 heavy (non-hydrogen) atoms. The van der Waals surface area contributed by atoms with Crippen molar-refractivity contribution in [3.63, 3.8) is 0 Å². The number of nitrogens with one attached hydrogen (secondary N) is 2. The van der Waals surface area contributed by atoms with Crippen LogP contribution in [0.25, 0.3) is 0 Å². The fraction of sp³-hybridized carbons (Fsp3) is 0.533. The maximum absolute atomic E-state index is 11.9. The predicted octanol–water partition coefficient (Wildman–Crippen LogP) is 1.16. The second kappa shape index (κ2) is 6.67. The Morgan fingerprint density at radius 2 is 1.86 bits per heavy atom. The Hall–Kier alpha value is -1.95. The molecule has 2 aliphatic rings. The van der Waals surface area contributed by atoms with Gasteiger partial charge in [-0.3, -0.25) is 4.79 Å². The van der Waals surface area contributed by atoms with Crippen LogP contribution in [-0.2, 0) is 9.53 Å². The summed E-state index contributed by atoms with van der Waals surface area (Å²) in [7, 11) is 0. The normalized spacial score (nSPS) is 18.1. The standard InChI is InChI=1S/C15H20N2O4/c18-15(17-11-3-5-19-6-4-11)10-16-12-1-2-13-14(9-12)21-8-7-20-13/h1-2,9,11,16H,3-8,10H2,(H,17,18). The van der Waals surface area contributed by atoms with Crippen molar-refractivity contribution in [1.29, 1.82) is 0 Å². The van der Waals surface area contributed by atoms with Crippen LogP contribution in [0, 0.1) is 0 Å². The molecule has 1 fully saturated rings. The lowest BCUT2D eigenvalue weighted by atomic mass is 10.1. The van der Waals surface area contributed by atoms with Gasteiger partial charge in [-0.15, -0.1) is 0 Å². The number of benzene rings is 1. The van der Waals surface area contributed by atoms with Crippen molar-refractivity contribution < 1.29 is 19.0 Å². The molecule has 0 bridgehead atoms. The number of amides is 1. The minimum atomic E-state index is -0.00297. The molecule has 1 saturated heterocycles. The van der Waals surface area contributed by atoms with Crippen molar-refractivity contribution in [1.82, 2.24) is 5.32 Å². The molecule has 1 aromatic carbocycles. The van der Waals surface area contributed by atoms with E-state index in [9.17, 15) is 4.79 Å². The molecular weight excluding hydrogens is 272 g/mol. The average molecular weight is 292 g/mol. The third kappa shape index (κ3) is 3.78. The van der Waals surface area contributed by atoms with E-state index in [2.05, 4.69) is 10.6 Å². The van der Waals surface area contributed by atoms with E-state index in [-0.39, 0.29) is 18.5 Å².